The van der Waals surface area contributed by atoms with Crippen LogP contribution in [0.1, 0.15) is 37.9 Å². The normalized spacial score (nSPS) is 13.8. The van der Waals surface area contributed by atoms with Crippen LogP contribution < -0.4 is 11.1 Å². The maximum atomic E-state index is 12.7. The highest BCUT2D eigenvalue weighted by Gasteiger charge is 2.27. The predicted octanol–water partition coefficient (Wildman–Crippen LogP) is 1.96. The molecule has 2 aromatic heterocycles. The number of hydrogen-bond donors (Lipinski definition) is 4. The molecule has 0 aliphatic carbocycles. The summed E-state index contributed by atoms with van der Waals surface area (Å²) < 4.78 is 4.87. The fraction of sp³-hybridized carbons (Fsp3) is 0.409. The summed E-state index contributed by atoms with van der Waals surface area (Å²) in [6, 6.07) is 6.17. The van der Waals surface area contributed by atoms with Crippen LogP contribution in [0.25, 0.3) is 10.9 Å². The summed E-state index contributed by atoms with van der Waals surface area (Å²) in [7, 11) is 1.29. The zero-order valence-corrected chi connectivity index (χ0v) is 17.8. The zero-order chi connectivity index (χ0) is 21.9. The first-order valence-electron chi connectivity index (χ1n) is 9.92. The van der Waals surface area contributed by atoms with E-state index in [-0.39, 0.29) is 11.8 Å². The first-order valence-corrected chi connectivity index (χ1v) is 9.92. The third kappa shape index (κ3) is 4.88. The largest absolute Gasteiger partial charge is 0.467 e. The van der Waals surface area contributed by atoms with E-state index in [0.29, 0.717) is 6.42 Å². The number of carbonyl (C=O) groups excluding carboxylic acids is 2. The van der Waals surface area contributed by atoms with Crippen LogP contribution in [0.15, 0.2) is 36.7 Å². The number of aromatic nitrogens is 3. The van der Waals surface area contributed by atoms with Gasteiger partial charge in [0.2, 0.25) is 5.91 Å². The van der Waals surface area contributed by atoms with Crippen molar-refractivity contribution in [3.63, 3.8) is 0 Å². The SMILES string of the molecule is COC(=O)[C@H](Cc1cnc(C(C)(C)C)[nH]1)NC(=O)[C@@H](N)Cc1c[nH]c2ccccc12. The van der Waals surface area contributed by atoms with Gasteiger partial charge in [0.25, 0.3) is 0 Å². The van der Waals surface area contributed by atoms with Crippen LogP contribution in [0, 0.1) is 0 Å². The lowest BCUT2D eigenvalue weighted by atomic mass is 9.96. The Morgan fingerprint density at radius 3 is 2.63 bits per heavy atom. The predicted molar refractivity (Wildman–Crippen MR) is 115 cm³/mol. The summed E-state index contributed by atoms with van der Waals surface area (Å²) in [5.41, 5.74) is 8.67. The minimum atomic E-state index is -0.857. The van der Waals surface area contributed by atoms with Crippen LogP contribution in [0.2, 0.25) is 0 Å². The molecule has 30 heavy (non-hydrogen) atoms. The van der Waals surface area contributed by atoms with Gasteiger partial charge in [-0.2, -0.15) is 0 Å². The highest BCUT2D eigenvalue weighted by molar-refractivity contribution is 5.89. The molecular formula is C22H29N5O3. The Morgan fingerprint density at radius 1 is 1.23 bits per heavy atom. The molecule has 0 saturated carbocycles. The number of nitrogens with zero attached hydrogens (tertiary/aromatic N) is 1. The lowest BCUT2D eigenvalue weighted by molar-refractivity contribution is -0.145. The van der Waals surface area contributed by atoms with Gasteiger partial charge >= 0.3 is 5.97 Å². The monoisotopic (exact) mass is 411 g/mol. The lowest BCUT2D eigenvalue weighted by Crippen LogP contribution is -2.50. The Labute approximate surface area is 175 Å². The Morgan fingerprint density at radius 2 is 1.97 bits per heavy atom. The number of para-hydroxylation sites is 1. The Bertz CT molecular complexity index is 1030. The van der Waals surface area contributed by atoms with Gasteiger partial charge in [0.05, 0.1) is 13.2 Å². The molecule has 0 bridgehead atoms. The van der Waals surface area contributed by atoms with Crippen molar-refractivity contribution in [1.29, 1.82) is 0 Å². The summed E-state index contributed by atoms with van der Waals surface area (Å²) in [4.78, 5) is 35.7. The molecule has 0 radical (unpaired) electrons. The molecule has 3 aromatic rings. The molecule has 2 atom stereocenters. The summed E-state index contributed by atoms with van der Waals surface area (Å²) in [5.74, 6) is -0.135. The Hall–Kier alpha value is -3.13. The molecule has 0 fully saturated rings. The van der Waals surface area contributed by atoms with Gasteiger partial charge < -0.3 is 25.8 Å². The summed E-state index contributed by atoms with van der Waals surface area (Å²) >= 11 is 0. The molecule has 0 spiro atoms. The Balaban J connectivity index is 1.68. The van der Waals surface area contributed by atoms with Gasteiger partial charge in [0.15, 0.2) is 0 Å². The molecule has 1 aromatic carbocycles. The fourth-order valence-corrected chi connectivity index (χ4v) is 3.31. The van der Waals surface area contributed by atoms with Crippen molar-refractivity contribution in [2.24, 2.45) is 5.73 Å². The average Bonchev–Trinajstić information content (AvgIpc) is 3.34. The molecule has 0 aliphatic heterocycles. The minimum absolute atomic E-state index is 0.149. The van der Waals surface area contributed by atoms with Crippen molar-refractivity contribution >= 4 is 22.8 Å². The maximum Gasteiger partial charge on any atom is 0.328 e. The smallest absolute Gasteiger partial charge is 0.328 e. The Kier molecular flexibility index (Phi) is 6.26. The number of aromatic amines is 2. The molecular weight excluding hydrogens is 382 g/mol. The molecule has 0 aliphatic rings. The van der Waals surface area contributed by atoms with Crippen molar-refractivity contribution in [3.8, 4) is 0 Å². The van der Waals surface area contributed by atoms with Crippen LogP contribution in [0.3, 0.4) is 0 Å². The fourth-order valence-electron chi connectivity index (χ4n) is 3.31. The molecule has 5 N–H and O–H groups in total. The number of nitrogens with one attached hydrogen (secondary N) is 3. The van der Waals surface area contributed by atoms with Crippen molar-refractivity contribution in [2.45, 2.75) is 51.1 Å². The molecule has 8 nitrogen and oxygen atoms in total. The summed E-state index contributed by atoms with van der Waals surface area (Å²) in [6.45, 7) is 6.12. The molecule has 8 heteroatoms. The van der Waals surface area contributed by atoms with E-state index in [1.165, 1.54) is 7.11 Å². The van der Waals surface area contributed by atoms with E-state index in [1.54, 1.807) is 6.20 Å². The molecule has 2 heterocycles. The number of H-pyrrole nitrogens is 2. The third-order valence-electron chi connectivity index (χ3n) is 5.02. The van der Waals surface area contributed by atoms with Crippen LogP contribution in [0.4, 0.5) is 0 Å². The molecule has 160 valence electrons. The number of rotatable bonds is 7. The second-order valence-electron chi connectivity index (χ2n) is 8.47. The van der Waals surface area contributed by atoms with Crippen molar-refractivity contribution in [1.82, 2.24) is 20.3 Å². The van der Waals surface area contributed by atoms with Gasteiger partial charge in [-0.1, -0.05) is 39.0 Å². The van der Waals surface area contributed by atoms with E-state index < -0.39 is 24.0 Å². The maximum absolute atomic E-state index is 12.7. The van der Waals surface area contributed by atoms with Crippen LogP contribution in [-0.4, -0.2) is 46.0 Å². The second-order valence-corrected chi connectivity index (χ2v) is 8.47. The number of amides is 1. The van der Waals surface area contributed by atoms with Crippen LogP contribution in [0.5, 0.6) is 0 Å². The van der Waals surface area contributed by atoms with Crippen LogP contribution in [-0.2, 0) is 32.6 Å². The topological polar surface area (TPSA) is 126 Å². The van der Waals surface area contributed by atoms with E-state index in [2.05, 4.69) is 20.3 Å². The highest BCUT2D eigenvalue weighted by atomic mass is 16.5. The molecule has 0 unspecified atom stereocenters. The quantitative estimate of drug-likeness (QED) is 0.442. The van der Waals surface area contributed by atoms with Crippen molar-refractivity contribution in [3.05, 3.63) is 53.7 Å². The second kappa shape index (κ2) is 8.71. The number of carbonyl (C=O) groups is 2. The minimum Gasteiger partial charge on any atom is -0.467 e. The zero-order valence-electron chi connectivity index (χ0n) is 17.8. The number of ether oxygens (including phenoxy) is 1. The standard InChI is InChI=1S/C22H29N5O3/c1-22(2,3)21-25-12-14(26-21)10-18(20(29)30-4)27-19(28)16(23)9-13-11-24-17-8-6-5-7-15(13)17/h5-8,11-12,16,18,24H,9-10,23H2,1-4H3,(H,25,26)(H,27,28)/t16-,18-/m0/s1. The molecule has 3 rings (SSSR count). The number of imidazole rings is 1. The van der Waals surface area contributed by atoms with E-state index in [4.69, 9.17) is 10.5 Å². The number of esters is 1. The first kappa shape index (κ1) is 21.6. The van der Waals surface area contributed by atoms with Crippen molar-refractivity contribution in [2.75, 3.05) is 7.11 Å². The van der Waals surface area contributed by atoms with Crippen LogP contribution >= 0.6 is 0 Å². The van der Waals surface area contributed by atoms with E-state index in [1.807, 2.05) is 51.2 Å². The van der Waals surface area contributed by atoms with Gasteiger partial charge in [0.1, 0.15) is 11.9 Å². The van der Waals surface area contributed by atoms with E-state index >= 15 is 0 Å². The highest BCUT2D eigenvalue weighted by Crippen LogP contribution is 2.20. The first-order chi connectivity index (χ1) is 14.2. The van der Waals surface area contributed by atoms with Gasteiger partial charge in [-0.05, 0) is 18.1 Å². The lowest BCUT2D eigenvalue weighted by Gasteiger charge is -2.19. The average molecular weight is 412 g/mol. The number of methoxy groups -OCH3 is 1. The van der Waals surface area contributed by atoms with Gasteiger partial charge in [-0.15, -0.1) is 0 Å². The number of benzene rings is 1. The van der Waals surface area contributed by atoms with Gasteiger partial charge in [-0.25, -0.2) is 9.78 Å². The molecule has 1 amide bonds. The van der Waals surface area contributed by atoms with Gasteiger partial charge in [-0.3, -0.25) is 4.79 Å². The van der Waals surface area contributed by atoms with E-state index in [0.717, 1.165) is 28.0 Å². The summed E-state index contributed by atoms with van der Waals surface area (Å²) in [5, 5.41) is 3.75. The number of fused-ring (bicyclic) bond motifs is 1. The third-order valence-corrected chi connectivity index (χ3v) is 5.02. The summed E-state index contributed by atoms with van der Waals surface area (Å²) in [6.07, 6.45) is 4.12. The number of nitrogens with two attached hydrogens (primary N) is 1. The van der Waals surface area contributed by atoms with Gasteiger partial charge in [0, 0.05) is 40.8 Å². The van der Waals surface area contributed by atoms with E-state index in [9.17, 15) is 9.59 Å². The molecule has 0 saturated heterocycles. The number of hydrogen-bond acceptors (Lipinski definition) is 5. The van der Waals surface area contributed by atoms with Crippen molar-refractivity contribution < 1.29 is 14.3 Å².